The average Bonchev–Trinajstić information content (AvgIpc) is 2.48. The molecule has 0 spiro atoms. The molecule has 2 nitrogen and oxygen atoms in total. The largest absolute Gasteiger partial charge is 0.345 e. The highest BCUT2D eigenvalue weighted by molar-refractivity contribution is 9.10. The third kappa shape index (κ3) is 4.31. The molecule has 1 unspecified atom stereocenters. The van der Waals surface area contributed by atoms with Crippen LogP contribution in [-0.2, 0) is 0 Å². The Labute approximate surface area is 146 Å². The molecule has 0 aliphatic carbocycles. The number of halogens is 3. The van der Waals surface area contributed by atoms with Gasteiger partial charge in [0.1, 0.15) is 0 Å². The van der Waals surface area contributed by atoms with Crippen molar-refractivity contribution < 1.29 is 4.79 Å². The summed E-state index contributed by atoms with van der Waals surface area (Å²) in [5.41, 5.74) is 1.62. The van der Waals surface area contributed by atoms with Gasteiger partial charge in [-0.3, -0.25) is 4.79 Å². The molecule has 0 radical (unpaired) electrons. The fourth-order valence-corrected chi connectivity index (χ4v) is 2.89. The second kappa shape index (κ2) is 7.43. The van der Waals surface area contributed by atoms with Gasteiger partial charge in [-0.25, -0.2) is 0 Å². The van der Waals surface area contributed by atoms with Crippen molar-refractivity contribution in [1.82, 2.24) is 5.32 Å². The Morgan fingerprint density at radius 1 is 1.19 bits per heavy atom. The maximum atomic E-state index is 12.4. The second-order valence-corrected chi connectivity index (χ2v) is 6.82. The fourth-order valence-electron chi connectivity index (χ4n) is 2.02. The topological polar surface area (TPSA) is 29.1 Å². The van der Waals surface area contributed by atoms with E-state index in [-0.39, 0.29) is 11.9 Å². The van der Waals surface area contributed by atoms with Gasteiger partial charge in [-0.05, 0) is 58.2 Å². The highest BCUT2D eigenvalue weighted by Crippen LogP contribution is 2.24. The van der Waals surface area contributed by atoms with Crippen LogP contribution in [0.3, 0.4) is 0 Å². The molecule has 2 rings (SSSR count). The van der Waals surface area contributed by atoms with Crippen molar-refractivity contribution in [3.05, 3.63) is 67.6 Å². The lowest BCUT2D eigenvalue weighted by Crippen LogP contribution is -2.28. The van der Waals surface area contributed by atoms with Crippen molar-refractivity contribution in [2.75, 3.05) is 0 Å². The highest BCUT2D eigenvalue weighted by atomic mass is 79.9. The van der Waals surface area contributed by atoms with Gasteiger partial charge in [0, 0.05) is 14.0 Å². The highest BCUT2D eigenvalue weighted by Gasteiger charge is 2.16. The summed E-state index contributed by atoms with van der Waals surface area (Å²) in [5, 5.41) is 3.59. The summed E-state index contributed by atoms with van der Waals surface area (Å²) in [4.78, 5) is 12.4. The Morgan fingerprint density at radius 2 is 1.86 bits per heavy atom. The zero-order chi connectivity index (χ0) is 15.4. The molecule has 2 aromatic carbocycles. The summed E-state index contributed by atoms with van der Waals surface area (Å²) in [6.07, 6.45) is 0.811. The molecule has 5 heteroatoms. The van der Waals surface area contributed by atoms with Gasteiger partial charge in [0.05, 0.1) is 11.6 Å². The molecule has 1 N–H and O–H groups in total. The minimum Gasteiger partial charge on any atom is -0.345 e. The lowest BCUT2D eigenvalue weighted by molar-refractivity contribution is 0.0935. The maximum absolute atomic E-state index is 12.4. The van der Waals surface area contributed by atoms with Crippen molar-refractivity contribution in [3.63, 3.8) is 0 Å². The van der Waals surface area contributed by atoms with E-state index in [4.69, 9.17) is 11.6 Å². The molecule has 0 fully saturated rings. The number of benzene rings is 2. The Hall–Kier alpha value is -0.840. The van der Waals surface area contributed by atoms with Crippen LogP contribution in [0.1, 0.15) is 35.3 Å². The third-order valence-electron chi connectivity index (χ3n) is 3.16. The first-order chi connectivity index (χ1) is 10.0. The maximum Gasteiger partial charge on any atom is 0.252 e. The van der Waals surface area contributed by atoms with Crippen molar-refractivity contribution in [2.24, 2.45) is 0 Å². The Morgan fingerprint density at radius 3 is 2.48 bits per heavy atom. The van der Waals surface area contributed by atoms with Gasteiger partial charge in [-0.2, -0.15) is 0 Å². The fraction of sp³-hybridized carbons (Fsp3) is 0.188. The van der Waals surface area contributed by atoms with Gasteiger partial charge >= 0.3 is 0 Å². The van der Waals surface area contributed by atoms with Crippen molar-refractivity contribution >= 4 is 49.4 Å². The molecule has 0 saturated heterocycles. The van der Waals surface area contributed by atoms with E-state index in [1.54, 1.807) is 18.2 Å². The smallest absolute Gasteiger partial charge is 0.252 e. The lowest BCUT2D eigenvalue weighted by atomic mass is 10.0. The molecular weight excluding hydrogens is 417 g/mol. The monoisotopic (exact) mass is 429 g/mol. The third-order valence-corrected chi connectivity index (χ3v) is 4.61. The second-order valence-electron chi connectivity index (χ2n) is 4.61. The van der Waals surface area contributed by atoms with Gasteiger partial charge in [-0.15, -0.1) is 0 Å². The molecule has 2 aromatic rings. The molecule has 0 saturated carbocycles. The van der Waals surface area contributed by atoms with Crippen molar-refractivity contribution in [2.45, 2.75) is 19.4 Å². The minimum absolute atomic E-state index is 0.0310. The number of rotatable bonds is 4. The molecule has 110 valence electrons. The standard InChI is InChI=1S/C16H14Br2ClNO/c1-2-15(10-3-5-11(17)6-4-10)20-16(21)13-9-12(19)7-8-14(13)18/h3-9,15H,2H2,1H3,(H,20,21). The quantitative estimate of drug-likeness (QED) is 0.657. The summed E-state index contributed by atoms with van der Waals surface area (Å²) < 4.78 is 1.75. The Bertz CT molecular complexity index is 643. The van der Waals surface area contributed by atoms with Crippen molar-refractivity contribution in [1.29, 1.82) is 0 Å². The van der Waals surface area contributed by atoms with Crippen LogP contribution < -0.4 is 5.32 Å². The summed E-state index contributed by atoms with van der Waals surface area (Å²) >= 11 is 12.8. The predicted octanol–water partition coefficient (Wildman–Crippen LogP) is 5.75. The molecule has 0 bridgehead atoms. The van der Waals surface area contributed by atoms with E-state index in [9.17, 15) is 4.79 Å². The number of nitrogens with one attached hydrogen (secondary N) is 1. The lowest BCUT2D eigenvalue weighted by Gasteiger charge is -2.18. The first-order valence-corrected chi connectivity index (χ1v) is 8.49. The van der Waals surface area contributed by atoms with Gasteiger partial charge in [0.2, 0.25) is 0 Å². The van der Waals surface area contributed by atoms with E-state index in [0.717, 1.165) is 20.9 Å². The molecule has 0 aromatic heterocycles. The van der Waals surface area contributed by atoms with E-state index in [0.29, 0.717) is 10.6 Å². The summed E-state index contributed by atoms with van der Waals surface area (Å²) in [6.45, 7) is 2.04. The van der Waals surface area contributed by atoms with E-state index >= 15 is 0 Å². The average molecular weight is 432 g/mol. The van der Waals surface area contributed by atoms with Gasteiger partial charge < -0.3 is 5.32 Å². The van der Waals surface area contributed by atoms with Crippen LogP contribution in [0, 0.1) is 0 Å². The molecule has 0 aliphatic rings. The van der Waals surface area contributed by atoms with Crippen LogP contribution in [0.5, 0.6) is 0 Å². The van der Waals surface area contributed by atoms with Crippen LogP contribution in [0.2, 0.25) is 5.02 Å². The van der Waals surface area contributed by atoms with Crippen LogP contribution in [0.15, 0.2) is 51.4 Å². The SMILES string of the molecule is CCC(NC(=O)c1cc(Cl)ccc1Br)c1ccc(Br)cc1. The van der Waals surface area contributed by atoms with Gasteiger partial charge in [0.25, 0.3) is 5.91 Å². The van der Waals surface area contributed by atoms with Crippen LogP contribution in [0.4, 0.5) is 0 Å². The molecule has 1 amide bonds. The molecule has 0 aliphatic heterocycles. The van der Waals surface area contributed by atoms with E-state index < -0.39 is 0 Å². The van der Waals surface area contributed by atoms with Crippen LogP contribution >= 0.6 is 43.5 Å². The molecule has 21 heavy (non-hydrogen) atoms. The Kier molecular flexibility index (Phi) is 5.85. The van der Waals surface area contributed by atoms with E-state index in [2.05, 4.69) is 37.2 Å². The molecule has 0 heterocycles. The predicted molar refractivity (Wildman–Crippen MR) is 93.8 cm³/mol. The summed E-state index contributed by atoms with van der Waals surface area (Å²) in [5.74, 6) is -0.140. The zero-order valence-corrected chi connectivity index (χ0v) is 15.3. The van der Waals surface area contributed by atoms with Gasteiger partial charge in [-0.1, -0.05) is 46.6 Å². The first-order valence-electron chi connectivity index (χ1n) is 6.52. The summed E-state index contributed by atoms with van der Waals surface area (Å²) in [6, 6.07) is 13.1. The number of hydrogen-bond donors (Lipinski definition) is 1. The number of carbonyl (C=O) groups excluding carboxylic acids is 1. The van der Waals surface area contributed by atoms with Gasteiger partial charge in [0.15, 0.2) is 0 Å². The molecular formula is C16H14Br2ClNO. The van der Waals surface area contributed by atoms with Crippen LogP contribution in [-0.4, -0.2) is 5.91 Å². The number of hydrogen-bond acceptors (Lipinski definition) is 1. The first kappa shape index (κ1) is 16.5. The summed E-state index contributed by atoms with van der Waals surface area (Å²) in [7, 11) is 0. The van der Waals surface area contributed by atoms with E-state index in [1.807, 2.05) is 31.2 Å². The zero-order valence-electron chi connectivity index (χ0n) is 11.4. The minimum atomic E-state index is -0.140. The van der Waals surface area contributed by atoms with E-state index in [1.165, 1.54) is 0 Å². The van der Waals surface area contributed by atoms with Crippen molar-refractivity contribution in [3.8, 4) is 0 Å². The number of amides is 1. The van der Waals surface area contributed by atoms with Crippen LogP contribution in [0.25, 0.3) is 0 Å². The normalized spacial score (nSPS) is 12.0. The number of carbonyl (C=O) groups is 1. The Balaban J connectivity index is 2.20. The molecule has 1 atom stereocenters.